The summed E-state index contributed by atoms with van der Waals surface area (Å²) in [5, 5.41) is 3.40. The van der Waals surface area contributed by atoms with Gasteiger partial charge in [-0.15, -0.1) is 0 Å². The molecule has 1 aromatic carbocycles. The molecule has 2 atom stereocenters. The Morgan fingerprint density at radius 3 is 2.60 bits per heavy atom. The van der Waals surface area contributed by atoms with Crippen LogP contribution in [0.1, 0.15) is 41.6 Å². The van der Waals surface area contributed by atoms with E-state index in [4.69, 9.17) is 9.47 Å². The summed E-state index contributed by atoms with van der Waals surface area (Å²) in [5.74, 6) is -0.864. The summed E-state index contributed by atoms with van der Waals surface area (Å²) in [4.78, 5) is 17.7. The molecule has 0 bridgehead atoms. The number of hydrogen-bond donors (Lipinski definition) is 1. The highest BCUT2D eigenvalue weighted by Gasteiger charge is 2.36. The number of nitrogens with zero attached hydrogens (tertiary/aromatic N) is 2. The Morgan fingerprint density at radius 1 is 1.14 bits per heavy atom. The van der Waals surface area contributed by atoms with Gasteiger partial charge in [0.2, 0.25) is 0 Å². The third-order valence-electron chi connectivity index (χ3n) is 7.88. The minimum absolute atomic E-state index is 0.0493. The van der Waals surface area contributed by atoms with E-state index in [1.165, 1.54) is 6.08 Å². The molecular formula is C27H35F2N3O3. The van der Waals surface area contributed by atoms with Gasteiger partial charge >= 0.3 is 0 Å². The number of ketones is 1. The second-order valence-electron chi connectivity index (χ2n) is 10.2. The molecule has 1 N–H and O–H groups in total. The Kier molecular flexibility index (Phi) is 7.23. The number of methoxy groups -OCH3 is 1. The molecule has 35 heavy (non-hydrogen) atoms. The topological polar surface area (TPSA) is 54.0 Å². The van der Waals surface area contributed by atoms with Crippen molar-refractivity contribution in [2.75, 3.05) is 58.5 Å². The second kappa shape index (κ2) is 10.4. The molecule has 2 heterocycles. The summed E-state index contributed by atoms with van der Waals surface area (Å²) in [6.45, 7) is 4.74. The van der Waals surface area contributed by atoms with E-state index in [9.17, 15) is 9.18 Å². The van der Waals surface area contributed by atoms with E-state index in [1.807, 2.05) is 6.07 Å². The number of benzene rings is 1. The molecule has 0 amide bonds. The molecule has 2 saturated heterocycles. The third-order valence-corrected chi connectivity index (χ3v) is 7.88. The zero-order chi connectivity index (χ0) is 24.5. The first-order valence-electron chi connectivity index (χ1n) is 12.7. The van der Waals surface area contributed by atoms with E-state index in [1.54, 1.807) is 13.2 Å². The summed E-state index contributed by atoms with van der Waals surface area (Å²) in [6.07, 6.45) is 4.22. The first-order valence-corrected chi connectivity index (χ1v) is 12.7. The highest BCUT2D eigenvalue weighted by molar-refractivity contribution is 6.03. The van der Waals surface area contributed by atoms with Crippen molar-refractivity contribution >= 4 is 11.5 Å². The number of anilines is 1. The number of morpholine rings is 1. The lowest BCUT2D eigenvalue weighted by molar-refractivity contribution is 0.0935. The quantitative estimate of drug-likeness (QED) is 0.659. The van der Waals surface area contributed by atoms with Crippen molar-refractivity contribution in [1.82, 2.24) is 10.2 Å². The van der Waals surface area contributed by atoms with Crippen molar-refractivity contribution in [3.05, 3.63) is 46.6 Å². The zero-order valence-electron chi connectivity index (χ0n) is 20.6. The Morgan fingerprint density at radius 2 is 1.89 bits per heavy atom. The standard InChI is InChI=1S/C27H35F2N3O3/c1-31-7-5-19(6-8-31)30-23-4-3-22(28)21(26(23)29)14-18-13-17-15-24(32-9-11-35-12-10-32)25(34-2)16-20(17)27(18)33/h3,15-16,18-19,23,30H,4-14H2,1-2H3. The molecule has 2 fully saturated rings. The molecule has 0 radical (unpaired) electrons. The predicted molar refractivity (Wildman–Crippen MR) is 132 cm³/mol. The second-order valence-corrected chi connectivity index (χ2v) is 10.2. The Bertz CT molecular complexity index is 1030. The molecule has 0 spiro atoms. The molecule has 0 aromatic heterocycles. The average molecular weight is 488 g/mol. The van der Waals surface area contributed by atoms with Gasteiger partial charge in [0.15, 0.2) is 5.78 Å². The van der Waals surface area contributed by atoms with Gasteiger partial charge in [0, 0.05) is 36.2 Å². The molecular weight excluding hydrogens is 452 g/mol. The van der Waals surface area contributed by atoms with Crippen LogP contribution in [0.2, 0.25) is 0 Å². The molecule has 190 valence electrons. The number of fused-ring (bicyclic) bond motifs is 1. The molecule has 0 saturated carbocycles. The smallest absolute Gasteiger partial charge is 0.167 e. The first kappa shape index (κ1) is 24.4. The molecule has 5 rings (SSSR count). The fourth-order valence-electron chi connectivity index (χ4n) is 5.78. The fraction of sp³-hybridized carbons (Fsp3) is 0.593. The highest BCUT2D eigenvalue weighted by Crippen LogP contribution is 2.41. The number of nitrogens with one attached hydrogen (secondary N) is 1. The number of allylic oxidation sites excluding steroid dienone is 2. The average Bonchev–Trinajstić information content (AvgIpc) is 3.18. The number of ether oxygens (including phenoxy) is 2. The number of carbonyl (C=O) groups excluding carboxylic acids is 1. The Hall–Kier alpha value is -2.29. The van der Waals surface area contributed by atoms with Crippen molar-refractivity contribution in [1.29, 1.82) is 0 Å². The van der Waals surface area contributed by atoms with Crippen LogP contribution >= 0.6 is 0 Å². The molecule has 4 aliphatic rings. The third kappa shape index (κ3) is 5.01. The van der Waals surface area contributed by atoms with E-state index < -0.39 is 23.6 Å². The molecule has 1 aromatic rings. The maximum absolute atomic E-state index is 15.5. The molecule has 8 heteroatoms. The number of Topliss-reactive ketones (excluding diaryl/α,β-unsaturated/α-hetero) is 1. The van der Waals surface area contributed by atoms with E-state index in [0.29, 0.717) is 37.4 Å². The van der Waals surface area contributed by atoms with Crippen LogP contribution in [0.5, 0.6) is 5.75 Å². The van der Waals surface area contributed by atoms with Gasteiger partial charge in [-0.2, -0.15) is 0 Å². The molecule has 2 aliphatic heterocycles. The van der Waals surface area contributed by atoms with Crippen LogP contribution in [0.4, 0.5) is 14.5 Å². The summed E-state index contributed by atoms with van der Waals surface area (Å²) in [7, 11) is 3.69. The van der Waals surface area contributed by atoms with E-state index >= 15 is 4.39 Å². The number of halogens is 2. The minimum atomic E-state index is -0.528. The summed E-state index contributed by atoms with van der Waals surface area (Å²) < 4.78 is 41.4. The van der Waals surface area contributed by atoms with Crippen molar-refractivity contribution in [3.63, 3.8) is 0 Å². The maximum Gasteiger partial charge on any atom is 0.167 e. The van der Waals surface area contributed by atoms with Gasteiger partial charge in [-0.1, -0.05) is 0 Å². The normalized spacial score (nSPS) is 26.2. The lowest BCUT2D eigenvalue weighted by Gasteiger charge is -2.33. The highest BCUT2D eigenvalue weighted by atomic mass is 19.1. The van der Waals surface area contributed by atoms with Crippen LogP contribution < -0.4 is 15.0 Å². The molecule has 2 aliphatic carbocycles. The van der Waals surface area contributed by atoms with E-state index in [2.05, 4.69) is 22.2 Å². The van der Waals surface area contributed by atoms with Crippen molar-refractivity contribution in [3.8, 4) is 5.75 Å². The Labute approximate surface area is 205 Å². The van der Waals surface area contributed by atoms with Crippen LogP contribution in [-0.2, 0) is 11.2 Å². The molecule has 2 unspecified atom stereocenters. The van der Waals surface area contributed by atoms with Crippen LogP contribution in [0, 0.1) is 5.92 Å². The van der Waals surface area contributed by atoms with E-state index in [0.717, 1.165) is 50.3 Å². The van der Waals surface area contributed by atoms with Gasteiger partial charge in [-0.25, -0.2) is 8.78 Å². The lowest BCUT2D eigenvalue weighted by Crippen LogP contribution is -2.46. The van der Waals surface area contributed by atoms with Gasteiger partial charge in [-0.3, -0.25) is 4.79 Å². The van der Waals surface area contributed by atoms with Gasteiger partial charge < -0.3 is 24.6 Å². The lowest BCUT2D eigenvalue weighted by atomic mass is 9.89. The van der Waals surface area contributed by atoms with Gasteiger partial charge in [0.25, 0.3) is 0 Å². The zero-order valence-corrected chi connectivity index (χ0v) is 20.6. The minimum Gasteiger partial charge on any atom is -0.495 e. The van der Waals surface area contributed by atoms with Crippen molar-refractivity contribution in [2.45, 2.75) is 44.2 Å². The summed E-state index contributed by atoms with van der Waals surface area (Å²) in [6, 6.07) is 3.51. The predicted octanol–water partition coefficient (Wildman–Crippen LogP) is 3.81. The number of likely N-dealkylation sites (tertiary alicyclic amines) is 1. The summed E-state index contributed by atoms with van der Waals surface area (Å²) >= 11 is 0. The van der Waals surface area contributed by atoms with Crippen molar-refractivity contribution in [2.24, 2.45) is 5.92 Å². The largest absolute Gasteiger partial charge is 0.495 e. The Balaban J connectivity index is 1.33. The first-order chi connectivity index (χ1) is 16.9. The van der Waals surface area contributed by atoms with Gasteiger partial charge in [0.05, 0.1) is 32.1 Å². The van der Waals surface area contributed by atoms with Crippen LogP contribution in [-0.4, -0.2) is 76.3 Å². The SMILES string of the molecule is COc1cc2c(cc1N1CCOCC1)CC(CC1=C(F)C(NC3CCN(C)CC3)CC=C1F)C2=O. The van der Waals surface area contributed by atoms with Gasteiger partial charge in [-0.05, 0) is 76.0 Å². The van der Waals surface area contributed by atoms with E-state index in [-0.39, 0.29) is 23.8 Å². The van der Waals surface area contributed by atoms with Gasteiger partial charge in [0.1, 0.15) is 17.4 Å². The molecule has 6 nitrogen and oxygen atoms in total. The monoisotopic (exact) mass is 487 g/mol. The number of rotatable bonds is 6. The fourth-order valence-corrected chi connectivity index (χ4v) is 5.78. The number of piperidine rings is 1. The number of carbonyl (C=O) groups is 1. The van der Waals surface area contributed by atoms with Crippen LogP contribution in [0.25, 0.3) is 0 Å². The van der Waals surface area contributed by atoms with Crippen LogP contribution in [0.15, 0.2) is 35.4 Å². The van der Waals surface area contributed by atoms with Crippen molar-refractivity contribution < 1.29 is 23.0 Å². The summed E-state index contributed by atoms with van der Waals surface area (Å²) in [5.41, 5.74) is 2.52. The van der Waals surface area contributed by atoms with Crippen LogP contribution in [0.3, 0.4) is 0 Å². The number of hydrogen-bond acceptors (Lipinski definition) is 6. The maximum atomic E-state index is 15.5.